The molecule has 6 nitrogen and oxygen atoms in total. The van der Waals surface area contributed by atoms with Crippen molar-refractivity contribution in [1.82, 2.24) is 19.6 Å². The van der Waals surface area contributed by atoms with Crippen LogP contribution in [-0.4, -0.2) is 25.4 Å². The Hall–Kier alpha value is -3.54. The van der Waals surface area contributed by atoms with E-state index in [1.807, 2.05) is 54.6 Å². The molecule has 0 saturated heterocycles. The van der Waals surface area contributed by atoms with Gasteiger partial charge in [-0.3, -0.25) is 10.4 Å². The van der Waals surface area contributed by atoms with E-state index in [4.69, 9.17) is 11.1 Å². The highest BCUT2D eigenvalue weighted by atomic mass is 15.3. The number of nitrogens with two attached hydrogens (primary N) is 1. The molecule has 0 radical (unpaired) electrons. The molecule has 0 fully saturated rings. The lowest BCUT2D eigenvalue weighted by Gasteiger charge is -2.07. The van der Waals surface area contributed by atoms with Gasteiger partial charge in [0.05, 0.1) is 11.3 Å². The Morgan fingerprint density at radius 1 is 0.958 bits per heavy atom. The second kappa shape index (κ2) is 5.58. The van der Waals surface area contributed by atoms with Crippen LogP contribution in [-0.2, 0) is 0 Å². The summed E-state index contributed by atoms with van der Waals surface area (Å²) in [6, 6.07) is 17.4. The first-order valence-corrected chi connectivity index (χ1v) is 7.44. The second-order valence-electron chi connectivity index (χ2n) is 5.32. The third-order valence-electron chi connectivity index (χ3n) is 3.76. The quantitative estimate of drug-likeness (QED) is 0.449. The van der Waals surface area contributed by atoms with E-state index in [-0.39, 0.29) is 5.84 Å². The van der Waals surface area contributed by atoms with Crippen molar-refractivity contribution in [2.75, 3.05) is 0 Å². The standard InChI is InChI=1S/C18H14N6/c19-16(20)14-8-9-15(12-5-2-1-3-6-12)24-18(14)22-17(23-24)13-7-4-10-21-11-13/h1-11H,(H3,19,20). The van der Waals surface area contributed by atoms with Crippen LogP contribution in [0.4, 0.5) is 0 Å². The first-order valence-electron chi connectivity index (χ1n) is 7.44. The van der Waals surface area contributed by atoms with Gasteiger partial charge in [-0.15, -0.1) is 5.10 Å². The number of fused-ring (bicyclic) bond motifs is 1. The van der Waals surface area contributed by atoms with Crippen molar-refractivity contribution >= 4 is 11.5 Å². The molecule has 0 unspecified atom stereocenters. The van der Waals surface area contributed by atoms with Crippen molar-refractivity contribution in [3.05, 3.63) is 72.6 Å². The summed E-state index contributed by atoms with van der Waals surface area (Å²) in [5, 5.41) is 12.4. The first-order chi connectivity index (χ1) is 11.7. The molecule has 0 amide bonds. The highest BCUT2D eigenvalue weighted by Crippen LogP contribution is 2.24. The van der Waals surface area contributed by atoms with E-state index in [9.17, 15) is 0 Å². The molecule has 0 aliphatic carbocycles. The molecule has 0 atom stereocenters. The number of nitrogens with zero attached hydrogens (tertiary/aromatic N) is 4. The van der Waals surface area contributed by atoms with E-state index in [0.29, 0.717) is 17.0 Å². The van der Waals surface area contributed by atoms with Gasteiger partial charge in [0.2, 0.25) is 0 Å². The molecular formula is C18H14N6. The summed E-state index contributed by atoms with van der Waals surface area (Å²) in [6.45, 7) is 0. The lowest BCUT2D eigenvalue weighted by Crippen LogP contribution is -2.13. The van der Waals surface area contributed by atoms with E-state index < -0.39 is 0 Å². The normalized spacial score (nSPS) is 10.8. The average molecular weight is 314 g/mol. The molecule has 0 aliphatic heterocycles. The molecule has 24 heavy (non-hydrogen) atoms. The summed E-state index contributed by atoms with van der Waals surface area (Å²) in [6.07, 6.45) is 3.42. The Labute approximate surface area is 138 Å². The zero-order chi connectivity index (χ0) is 16.5. The maximum Gasteiger partial charge on any atom is 0.183 e. The van der Waals surface area contributed by atoms with Crippen LogP contribution in [0.5, 0.6) is 0 Å². The Bertz CT molecular complexity index is 1020. The topological polar surface area (TPSA) is 93.0 Å². The summed E-state index contributed by atoms with van der Waals surface area (Å²) < 4.78 is 1.73. The molecule has 0 aliphatic rings. The second-order valence-corrected chi connectivity index (χ2v) is 5.32. The van der Waals surface area contributed by atoms with Gasteiger partial charge >= 0.3 is 0 Å². The Morgan fingerprint density at radius 3 is 2.46 bits per heavy atom. The van der Waals surface area contributed by atoms with Gasteiger partial charge in [0.25, 0.3) is 0 Å². The third-order valence-corrected chi connectivity index (χ3v) is 3.76. The van der Waals surface area contributed by atoms with Gasteiger partial charge in [-0.05, 0) is 24.3 Å². The minimum absolute atomic E-state index is 0.0373. The predicted molar refractivity (Wildman–Crippen MR) is 92.7 cm³/mol. The van der Waals surface area contributed by atoms with Crippen LogP contribution in [0, 0.1) is 5.41 Å². The van der Waals surface area contributed by atoms with Gasteiger partial charge in [-0.25, -0.2) is 9.50 Å². The van der Waals surface area contributed by atoms with Gasteiger partial charge in [0, 0.05) is 23.5 Å². The Balaban J connectivity index is 2.01. The molecule has 3 N–H and O–H groups in total. The lowest BCUT2D eigenvalue weighted by molar-refractivity contribution is 0.971. The van der Waals surface area contributed by atoms with Crippen molar-refractivity contribution in [1.29, 1.82) is 5.41 Å². The summed E-state index contributed by atoms with van der Waals surface area (Å²) >= 11 is 0. The van der Waals surface area contributed by atoms with Crippen molar-refractivity contribution in [3.8, 4) is 22.6 Å². The summed E-state index contributed by atoms with van der Waals surface area (Å²) in [5.41, 5.74) is 9.53. The Morgan fingerprint density at radius 2 is 1.75 bits per heavy atom. The van der Waals surface area contributed by atoms with Crippen LogP contribution in [0.3, 0.4) is 0 Å². The van der Waals surface area contributed by atoms with E-state index in [2.05, 4.69) is 15.1 Å². The molecule has 4 rings (SSSR count). The zero-order valence-electron chi connectivity index (χ0n) is 12.7. The van der Waals surface area contributed by atoms with Crippen LogP contribution >= 0.6 is 0 Å². The minimum atomic E-state index is -0.0373. The van der Waals surface area contributed by atoms with Gasteiger partial charge in [-0.1, -0.05) is 30.3 Å². The number of nitrogens with one attached hydrogen (secondary N) is 1. The Kier molecular flexibility index (Phi) is 3.28. The van der Waals surface area contributed by atoms with E-state index in [1.165, 1.54) is 0 Å². The molecule has 6 heteroatoms. The molecule has 0 spiro atoms. The number of nitrogen functional groups attached to an aromatic ring is 1. The SMILES string of the molecule is N=C(N)c1ccc(-c2ccccc2)n2nc(-c3cccnc3)nc12. The summed E-state index contributed by atoms with van der Waals surface area (Å²) in [4.78, 5) is 8.69. The van der Waals surface area contributed by atoms with Crippen molar-refractivity contribution in [2.45, 2.75) is 0 Å². The van der Waals surface area contributed by atoms with Crippen molar-refractivity contribution < 1.29 is 0 Å². The molecule has 3 aromatic heterocycles. The molecule has 1 aromatic carbocycles. The molecular weight excluding hydrogens is 300 g/mol. The highest BCUT2D eigenvalue weighted by Gasteiger charge is 2.15. The van der Waals surface area contributed by atoms with Crippen molar-refractivity contribution in [2.24, 2.45) is 5.73 Å². The van der Waals surface area contributed by atoms with Gasteiger partial charge in [0.1, 0.15) is 5.84 Å². The molecule has 0 bridgehead atoms. The van der Waals surface area contributed by atoms with Gasteiger partial charge < -0.3 is 5.73 Å². The lowest BCUT2D eigenvalue weighted by atomic mass is 10.1. The minimum Gasteiger partial charge on any atom is -0.384 e. The number of hydrogen-bond donors (Lipinski definition) is 2. The van der Waals surface area contributed by atoms with Crippen molar-refractivity contribution in [3.63, 3.8) is 0 Å². The highest BCUT2D eigenvalue weighted by molar-refractivity contribution is 6.01. The number of hydrogen-bond acceptors (Lipinski definition) is 4. The first kappa shape index (κ1) is 14.1. The molecule has 4 aromatic rings. The third kappa shape index (κ3) is 2.30. The maximum absolute atomic E-state index is 7.79. The fourth-order valence-corrected chi connectivity index (χ4v) is 2.62. The van der Waals surface area contributed by atoms with Gasteiger partial charge in [0.15, 0.2) is 11.5 Å². The molecule has 116 valence electrons. The van der Waals surface area contributed by atoms with E-state index in [1.54, 1.807) is 16.9 Å². The van der Waals surface area contributed by atoms with Gasteiger partial charge in [-0.2, -0.15) is 0 Å². The fourth-order valence-electron chi connectivity index (χ4n) is 2.62. The predicted octanol–water partition coefficient (Wildman–Crippen LogP) is 2.74. The van der Waals surface area contributed by atoms with Crippen LogP contribution in [0.15, 0.2) is 67.0 Å². The molecule has 3 heterocycles. The van der Waals surface area contributed by atoms with Crippen LogP contribution in [0.25, 0.3) is 28.3 Å². The maximum atomic E-state index is 7.79. The van der Waals surface area contributed by atoms with Crippen LogP contribution in [0.2, 0.25) is 0 Å². The smallest absolute Gasteiger partial charge is 0.183 e. The van der Waals surface area contributed by atoms with Crippen LogP contribution < -0.4 is 5.73 Å². The zero-order valence-corrected chi connectivity index (χ0v) is 12.7. The monoisotopic (exact) mass is 314 g/mol. The largest absolute Gasteiger partial charge is 0.384 e. The number of pyridine rings is 2. The number of rotatable bonds is 3. The number of aromatic nitrogens is 4. The average Bonchev–Trinajstić information content (AvgIpc) is 3.07. The number of benzene rings is 1. The summed E-state index contributed by atoms with van der Waals surface area (Å²) in [7, 11) is 0. The van der Waals surface area contributed by atoms with E-state index in [0.717, 1.165) is 16.8 Å². The fraction of sp³-hybridized carbons (Fsp3) is 0. The molecule has 0 saturated carbocycles. The number of amidine groups is 1. The van der Waals surface area contributed by atoms with Crippen LogP contribution in [0.1, 0.15) is 5.56 Å². The van der Waals surface area contributed by atoms with E-state index >= 15 is 0 Å². The summed E-state index contributed by atoms with van der Waals surface area (Å²) in [5.74, 6) is 0.513.